The second-order valence-electron chi connectivity index (χ2n) is 6.04. The lowest BCUT2D eigenvalue weighted by Crippen LogP contribution is -2.24. The zero-order valence-electron chi connectivity index (χ0n) is 15.8. The number of carbonyl (C=O) groups is 2. The lowest BCUT2D eigenvalue weighted by Gasteiger charge is -2.08. The molecule has 0 aliphatic heterocycles. The lowest BCUT2D eigenvalue weighted by molar-refractivity contribution is -0.255. The molecule has 8 heteroatoms. The topological polar surface area (TPSA) is 116 Å². The SMILES string of the molecule is COc1ccccc1NC(=O)N/N=C\c1ccc(-c2ccc(C)c(C(=O)[O-])c2)o1. The summed E-state index contributed by atoms with van der Waals surface area (Å²) in [6.07, 6.45) is 1.33. The minimum absolute atomic E-state index is 0.101. The number of nitrogens with one attached hydrogen (secondary N) is 2. The van der Waals surface area contributed by atoms with Crippen LogP contribution >= 0.6 is 0 Å². The molecule has 29 heavy (non-hydrogen) atoms. The normalized spacial score (nSPS) is 10.7. The number of aromatic carboxylic acids is 1. The van der Waals surface area contributed by atoms with Gasteiger partial charge in [0.1, 0.15) is 17.3 Å². The van der Waals surface area contributed by atoms with Gasteiger partial charge in [0.05, 0.1) is 25.0 Å². The van der Waals surface area contributed by atoms with Crippen LogP contribution in [-0.2, 0) is 0 Å². The van der Waals surface area contributed by atoms with Gasteiger partial charge in [0.25, 0.3) is 0 Å². The lowest BCUT2D eigenvalue weighted by atomic mass is 10.0. The zero-order chi connectivity index (χ0) is 20.8. The Balaban J connectivity index is 1.64. The standard InChI is InChI=1S/C21H19N3O5/c1-13-7-8-14(11-16(13)20(25)26)18-10-9-15(29-18)12-22-24-21(27)23-17-5-3-4-6-19(17)28-2/h3-12H,1-2H3,(H,25,26)(H2,23,24,27)/p-1/b22-12-. The third-order valence-corrected chi connectivity index (χ3v) is 4.08. The number of amides is 2. The average Bonchev–Trinajstić information content (AvgIpc) is 3.17. The van der Waals surface area contributed by atoms with Gasteiger partial charge in [-0.15, -0.1) is 0 Å². The number of ether oxygens (including phenoxy) is 1. The molecule has 2 aromatic carbocycles. The Bertz CT molecular complexity index is 1070. The van der Waals surface area contributed by atoms with Gasteiger partial charge in [-0.3, -0.25) is 0 Å². The quantitative estimate of drug-likeness (QED) is 0.494. The van der Waals surface area contributed by atoms with E-state index in [1.807, 2.05) is 0 Å². The smallest absolute Gasteiger partial charge is 0.339 e. The van der Waals surface area contributed by atoms with Crippen molar-refractivity contribution >= 4 is 23.9 Å². The first kappa shape index (κ1) is 19.7. The van der Waals surface area contributed by atoms with Crippen LogP contribution in [0.3, 0.4) is 0 Å². The minimum Gasteiger partial charge on any atom is -0.545 e. The highest BCUT2D eigenvalue weighted by Gasteiger charge is 2.08. The second-order valence-corrected chi connectivity index (χ2v) is 6.04. The average molecular weight is 392 g/mol. The fraction of sp³-hybridized carbons (Fsp3) is 0.0952. The molecule has 1 aromatic heterocycles. The van der Waals surface area contributed by atoms with Crippen LogP contribution in [0.2, 0.25) is 0 Å². The number of methoxy groups -OCH3 is 1. The summed E-state index contributed by atoms with van der Waals surface area (Å²) in [7, 11) is 1.51. The number of hydrazone groups is 1. The van der Waals surface area contributed by atoms with Crippen molar-refractivity contribution < 1.29 is 23.8 Å². The van der Waals surface area contributed by atoms with Crippen LogP contribution in [0.15, 0.2) is 64.1 Å². The molecule has 0 saturated heterocycles. The van der Waals surface area contributed by atoms with Crippen LogP contribution < -0.4 is 20.6 Å². The van der Waals surface area contributed by atoms with Gasteiger partial charge in [-0.25, -0.2) is 10.2 Å². The third-order valence-electron chi connectivity index (χ3n) is 4.08. The number of hydrogen-bond donors (Lipinski definition) is 2. The monoisotopic (exact) mass is 392 g/mol. The van der Waals surface area contributed by atoms with Crippen molar-refractivity contribution in [3.8, 4) is 17.1 Å². The summed E-state index contributed by atoms with van der Waals surface area (Å²) in [5.41, 5.74) is 4.13. The highest BCUT2D eigenvalue weighted by Crippen LogP contribution is 2.24. The maximum Gasteiger partial charge on any atom is 0.339 e. The van der Waals surface area contributed by atoms with Crippen LogP contribution in [0.4, 0.5) is 10.5 Å². The third kappa shape index (κ3) is 4.81. The number of para-hydroxylation sites is 2. The van der Waals surface area contributed by atoms with Crippen LogP contribution in [0.25, 0.3) is 11.3 Å². The van der Waals surface area contributed by atoms with E-state index >= 15 is 0 Å². The van der Waals surface area contributed by atoms with Crippen molar-refractivity contribution in [1.29, 1.82) is 0 Å². The molecule has 0 bridgehead atoms. The van der Waals surface area contributed by atoms with Gasteiger partial charge in [-0.1, -0.05) is 24.3 Å². The summed E-state index contributed by atoms with van der Waals surface area (Å²) in [6, 6.07) is 14.7. The van der Waals surface area contributed by atoms with E-state index in [4.69, 9.17) is 9.15 Å². The molecule has 1 heterocycles. The Hall–Kier alpha value is -4.07. The molecule has 3 rings (SSSR count). The molecular weight excluding hydrogens is 374 g/mol. The van der Waals surface area contributed by atoms with Gasteiger partial charge in [0.15, 0.2) is 0 Å². The van der Waals surface area contributed by atoms with Crippen molar-refractivity contribution in [2.75, 3.05) is 12.4 Å². The van der Waals surface area contributed by atoms with E-state index in [-0.39, 0.29) is 5.56 Å². The van der Waals surface area contributed by atoms with E-state index < -0.39 is 12.0 Å². The number of carboxylic acid groups (broad SMARTS) is 1. The Labute approximate surface area is 166 Å². The fourth-order valence-electron chi connectivity index (χ4n) is 2.63. The Morgan fingerprint density at radius 1 is 1.14 bits per heavy atom. The number of carbonyl (C=O) groups excluding carboxylic acids is 2. The number of furan rings is 1. The van der Waals surface area contributed by atoms with E-state index in [0.717, 1.165) is 0 Å². The van der Waals surface area contributed by atoms with Crippen LogP contribution in [-0.4, -0.2) is 25.3 Å². The molecule has 148 valence electrons. The summed E-state index contributed by atoms with van der Waals surface area (Å²) in [4.78, 5) is 23.1. The van der Waals surface area contributed by atoms with Crippen LogP contribution in [0, 0.1) is 6.92 Å². The van der Waals surface area contributed by atoms with Gasteiger partial charge in [-0.05, 0) is 42.8 Å². The summed E-state index contributed by atoms with van der Waals surface area (Å²) in [6.45, 7) is 1.69. The fourth-order valence-corrected chi connectivity index (χ4v) is 2.63. The van der Waals surface area contributed by atoms with Crippen molar-refractivity contribution in [1.82, 2.24) is 5.43 Å². The van der Waals surface area contributed by atoms with E-state index in [1.165, 1.54) is 19.4 Å². The van der Waals surface area contributed by atoms with Crippen LogP contribution in [0.5, 0.6) is 5.75 Å². The molecule has 0 fully saturated rings. The predicted octanol–water partition coefficient (Wildman–Crippen LogP) is 2.78. The number of nitrogens with zero attached hydrogens (tertiary/aromatic N) is 1. The van der Waals surface area contributed by atoms with Gasteiger partial charge >= 0.3 is 6.03 Å². The van der Waals surface area contributed by atoms with Crippen molar-refractivity contribution in [2.45, 2.75) is 6.92 Å². The van der Waals surface area contributed by atoms with Crippen LogP contribution in [0.1, 0.15) is 21.7 Å². The van der Waals surface area contributed by atoms with Gasteiger partial charge < -0.3 is 24.4 Å². The van der Waals surface area contributed by atoms with E-state index in [0.29, 0.717) is 34.1 Å². The number of hydrogen-bond acceptors (Lipinski definition) is 6. The molecule has 2 amide bonds. The van der Waals surface area contributed by atoms with E-state index in [1.54, 1.807) is 55.5 Å². The summed E-state index contributed by atoms with van der Waals surface area (Å²) < 4.78 is 10.8. The molecular formula is C21H18N3O5-. The van der Waals surface area contributed by atoms with E-state index in [9.17, 15) is 14.7 Å². The number of anilines is 1. The number of urea groups is 1. The number of carboxylic acids is 1. The summed E-state index contributed by atoms with van der Waals surface area (Å²) >= 11 is 0. The van der Waals surface area contributed by atoms with Gasteiger partial charge in [0, 0.05) is 11.1 Å². The Morgan fingerprint density at radius 3 is 2.69 bits per heavy atom. The van der Waals surface area contributed by atoms with Crippen molar-refractivity contribution in [3.63, 3.8) is 0 Å². The van der Waals surface area contributed by atoms with Crippen molar-refractivity contribution in [3.05, 3.63) is 71.5 Å². The summed E-state index contributed by atoms with van der Waals surface area (Å²) in [5.74, 6) is 0.125. The molecule has 8 nitrogen and oxygen atoms in total. The number of aryl methyl sites for hydroxylation is 1. The van der Waals surface area contributed by atoms with Gasteiger partial charge in [0.2, 0.25) is 0 Å². The molecule has 3 aromatic rings. The number of benzene rings is 2. The molecule has 2 N–H and O–H groups in total. The van der Waals surface area contributed by atoms with E-state index in [2.05, 4.69) is 15.8 Å². The Morgan fingerprint density at radius 2 is 1.93 bits per heavy atom. The maximum absolute atomic E-state index is 11.9. The molecule has 0 aliphatic rings. The Kier molecular flexibility index (Phi) is 5.94. The first-order valence-electron chi connectivity index (χ1n) is 8.63. The highest BCUT2D eigenvalue weighted by atomic mass is 16.5. The molecule has 0 spiro atoms. The summed E-state index contributed by atoms with van der Waals surface area (Å²) in [5, 5.41) is 17.6. The second kappa shape index (κ2) is 8.75. The van der Waals surface area contributed by atoms with Gasteiger partial charge in [-0.2, -0.15) is 5.10 Å². The maximum atomic E-state index is 11.9. The molecule has 0 radical (unpaired) electrons. The largest absolute Gasteiger partial charge is 0.545 e. The molecule has 0 saturated carbocycles. The first-order chi connectivity index (χ1) is 14.0. The molecule has 0 unspecified atom stereocenters. The molecule has 0 atom stereocenters. The predicted molar refractivity (Wildman–Crippen MR) is 106 cm³/mol. The first-order valence-corrected chi connectivity index (χ1v) is 8.63. The number of rotatable bonds is 6. The van der Waals surface area contributed by atoms with Crippen molar-refractivity contribution in [2.24, 2.45) is 5.10 Å². The highest BCUT2D eigenvalue weighted by molar-refractivity contribution is 5.92. The zero-order valence-corrected chi connectivity index (χ0v) is 15.8. The minimum atomic E-state index is -1.25. The molecule has 0 aliphatic carbocycles.